The smallest absolute Gasteiger partial charge is 0.273 e. The molecule has 1 atom stereocenters. The molecule has 1 saturated heterocycles. The van der Waals surface area contributed by atoms with Crippen LogP contribution in [-0.4, -0.2) is 46.8 Å². The van der Waals surface area contributed by atoms with Gasteiger partial charge in [-0.05, 0) is 36.0 Å². The molecule has 5 rings (SSSR count). The van der Waals surface area contributed by atoms with Crippen LogP contribution < -0.4 is 0 Å². The molecule has 0 spiro atoms. The molecule has 0 N–H and O–H groups in total. The van der Waals surface area contributed by atoms with Crippen LogP contribution in [0.25, 0.3) is 0 Å². The van der Waals surface area contributed by atoms with Crippen molar-refractivity contribution in [3.63, 3.8) is 0 Å². The second-order valence-corrected chi connectivity index (χ2v) is 11.1. The van der Waals surface area contributed by atoms with Gasteiger partial charge in [0.05, 0.1) is 10.5 Å². The average Bonchev–Trinajstić information content (AvgIpc) is 2.99. The minimum atomic E-state index is -0.393. The zero-order valence-corrected chi connectivity index (χ0v) is 23.3. The minimum absolute atomic E-state index is 0.0301. The third-order valence-electron chi connectivity index (χ3n) is 8.17. The lowest BCUT2D eigenvalue weighted by molar-refractivity contribution is -0.385. The van der Waals surface area contributed by atoms with E-state index in [1.54, 1.807) is 12.1 Å². The van der Waals surface area contributed by atoms with E-state index in [2.05, 4.69) is 89.9 Å². The van der Waals surface area contributed by atoms with Crippen molar-refractivity contribution in [2.24, 2.45) is 11.8 Å². The molecule has 0 radical (unpaired) electrons. The first kappa shape index (κ1) is 27.5. The van der Waals surface area contributed by atoms with Crippen LogP contribution in [0.15, 0.2) is 103 Å². The van der Waals surface area contributed by atoms with Crippen LogP contribution in [0, 0.1) is 22.0 Å². The molecule has 1 amide bonds. The SMILES string of the molecule is CC(C)Cc1ccc(C(=O)N2CCN(C(c3ccccc3)(c3ccccc3)C3C=CC=CC3)CC2)cc1[N+](=O)[O-]. The lowest BCUT2D eigenvalue weighted by atomic mass is 9.69. The number of nitro benzene ring substituents is 1. The second kappa shape index (κ2) is 12.0. The van der Waals surface area contributed by atoms with E-state index in [0.29, 0.717) is 43.7 Å². The molecule has 206 valence electrons. The zero-order chi connectivity index (χ0) is 28.1. The van der Waals surface area contributed by atoms with Gasteiger partial charge in [0.25, 0.3) is 11.6 Å². The molecule has 0 aromatic heterocycles. The number of nitrogens with zero attached hydrogens (tertiary/aromatic N) is 3. The van der Waals surface area contributed by atoms with Gasteiger partial charge in [-0.3, -0.25) is 19.8 Å². The molecular weight excluding hydrogens is 498 g/mol. The maximum absolute atomic E-state index is 13.6. The maximum Gasteiger partial charge on any atom is 0.273 e. The van der Waals surface area contributed by atoms with Gasteiger partial charge in [-0.2, -0.15) is 0 Å². The number of benzene rings is 3. The van der Waals surface area contributed by atoms with Crippen molar-refractivity contribution in [1.82, 2.24) is 9.80 Å². The number of amides is 1. The first-order valence-corrected chi connectivity index (χ1v) is 14.2. The summed E-state index contributed by atoms with van der Waals surface area (Å²) in [6.07, 6.45) is 10.3. The van der Waals surface area contributed by atoms with Crippen LogP contribution in [-0.2, 0) is 12.0 Å². The standard InChI is InChI=1S/C34H37N3O3/c1-26(2)24-27-18-19-28(25-32(27)37(39)40)33(38)35-20-22-36(23-21-35)34(29-12-6-3-7-13-29,30-14-8-4-9-15-30)31-16-10-5-11-17-31/h3-16,18-19,25-26,31H,17,20-24H2,1-2H3. The van der Waals surface area contributed by atoms with Crippen LogP contribution in [0.1, 0.15) is 47.3 Å². The highest BCUT2D eigenvalue weighted by atomic mass is 16.6. The fourth-order valence-corrected chi connectivity index (χ4v) is 6.39. The number of piperazine rings is 1. The molecule has 3 aromatic carbocycles. The van der Waals surface area contributed by atoms with Gasteiger partial charge in [0.2, 0.25) is 0 Å². The zero-order valence-electron chi connectivity index (χ0n) is 23.3. The van der Waals surface area contributed by atoms with Crippen LogP contribution in [0.2, 0.25) is 0 Å². The Kier molecular flexibility index (Phi) is 8.27. The summed E-state index contributed by atoms with van der Waals surface area (Å²) in [5, 5.41) is 11.8. The number of carbonyl (C=O) groups is 1. The third kappa shape index (κ3) is 5.36. The Morgan fingerprint density at radius 3 is 2.08 bits per heavy atom. The molecule has 1 aliphatic carbocycles. The van der Waals surface area contributed by atoms with E-state index in [1.165, 1.54) is 17.2 Å². The second-order valence-electron chi connectivity index (χ2n) is 11.1. The molecule has 0 bridgehead atoms. The van der Waals surface area contributed by atoms with Crippen molar-refractivity contribution in [2.45, 2.75) is 32.2 Å². The van der Waals surface area contributed by atoms with Gasteiger partial charge in [-0.1, -0.05) is 105 Å². The van der Waals surface area contributed by atoms with Gasteiger partial charge >= 0.3 is 0 Å². The first-order chi connectivity index (χ1) is 19.4. The number of hydrogen-bond acceptors (Lipinski definition) is 4. The van der Waals surface area contributed by atoms with Crippen LogP contribution >= 0.6 is 0 Å². The lowest BCUT2D eigenvalue weighted by Crippen LogP contribution is -2.59. The van der Waals surface area contributed by atoms with E-state index in [0.717, 1.165) is 6.42 Å². The first-order valence-electron chi connectivity index (χ1n) is 14.2. The summed E-state index contributed by atoms with van der Waals surface area (Å²) in [7, 11) is 0. The molecule has 2 aliphatic rings. The minimum Gasteiger partial charge on any atom is -0.336 e. The molecule has 3 aromatic rings. The van der Waals surface area contributed by atoms with Gasteiger partial charge in [0.1, 0.15) is 0 Å². The van der Waals surface area contributed by atoms with Crippen molar-refractivity contribution in [2.75, 3.05) is 26.2 Å². The van der Waals surface area contributed by atoms with Crippen LogP contribution in [0.4, 0.5) is 5.69 Å². The number of allylic oxidation sites excluding steroid dienone is 3. The lowest BCUT2D eigenvalue weighted by Gasteiger charge is -2.52. The number of hydrogen-bond donors (Lipinski definition) is 0. The highest BCUT2D eigenvalue weighted by molar-refractivity contribution is 5.95. The molecule has 6 nitrogen and oxygen atoms in total. The maximum atomic E-state index is 13.6. The quantitative estimate of drug-likeness (QED) is 0.240. The average molecular weight is 536 g/mol. The molecule has 1 aliphatic heterocycles. The Labute approximate surface area is 236 Å². The molecule has 0 saturated carbocycles. The summed E-state index contributed by atoms with van der Waals surface area (Å²) in [4.78, 5) is 29.4. The van der Waals surface area contributed by atoms with Gasteiger partial charge in [-0.25, -0.2) is 0 Å². The van der Waals surface area contributed by atoms with Crippen molar-refractivity contribution in [1.29, 1.82) is 0 Å². The molecule has 1 unspecified atom stereocenters. The fourth-order valence-electron chi connectivity index (χ4n) is 6.39. The number of carbonyl (C=O) groups excluding carboxylic acids is 1. The molecule has 1 fully saturated rings. The van der Waals surface area contributed by atoms with Crippen molar-refractivity contribution < 1.29 is 9.72 Å². The van der Waals surface area contributed by atoms with E-state index >= 15 is 0 Å². The Bertz CT molecular complexity index is 1350. The van der Waals surface area contributed by atoms with E-state index in [1.807, 2.05) is 18.7 Å². The third-order valence-corrected chi connectivity index (χ3v) is 8.17. The molecular formula is C34H37N3O3. The van der Waals surface area contributed by atoms with Crippen molar-refractivity contribution in [3.05, 3.63) is 136 Å². The molecule has 40 heavy (non-hydrogen) atoms. The highest BCUT2D eigenvalue weighted by Gasteiger charge is 2.46. The van der Waals surface area contributed by atoms with Crippen LogP contribution in [0.3, 0.4) is 0 Å². The Morgan fingerprint density at radius 2 is 1.55 bits per heavy atom. The summed E-state index contributed by atoms with van der Waals surface area (Å²) < 4.78 is 0. The normalized spacial score (nSPS) is 17.8. The van der Waals surface area contributed by atoms with E-state index < -0.39 is 5.54 Å². The number of nitro groups is 1. The van der Waals surface area contributed by atoms with E-state index in [-0.39, 0.29) is 28.4 Å². The predicted molar refractivity (Wildman–Crippen MR) is 159 cm³/mol. The van der Waals surface area contributed by atoms with Crippen molar-refractivity contribution in [3.8, 4) is 0 Å². The summed E-state index contributed by atoms with van der Waals surface area (Å²) in [5.41, 5.74) is 3.17. The summed E-state index contributed by atoms with van der Waals surface area (Å²) >= 11 is 0. The van der Waals surface area contributed by atoms with Gasteiger partial charge in [-0.15, -0.1) is 0 Å². The monoisotopic (exact) mass is 535 g/mol. The molecule has 6 heteroatoms. The molecule has 1 heterocycles. The number of rotatable bonds is 8. The Morgan fingerprint density at radius 1 is 0.925 bits per heavy atom. The summed E-state index contributed by atoms with van der Waals surface area (Å²) in [6, 6.07) is 26.3. The van der Waals surface area contributed by atoms with E-state index in [9.17, 15) is 14.9 Å². The van der Waals surface area contributed by atoms with Crippen LogP contribution in [0.5, 0.6) is 0 Å². The topological polar surface area (TPSA) is 66.7 Å². The van der Waals surface area contributed by atoms with Gasteiger partial charge in [0.15, 0.2) is 0 Å². The fraction of sp³-hybridized carbons (Fsp3) is 0.324. The Balaban J connectivity index is 1.45. The van der Waals surface area contributed by atoms with Gasteiger partial charge in [0, 0.05) is 49.3 Å². The predicted octanol–water partition coefficient (Wildman–Crippen LogP) is 6.63. The van der Waals surface area contributed by atoms with Crippen molar-refractivity contribution >= 4 is 11.6 Å². The summed E-state index contributed by atoms with van der Waals surface area (Å²) in [5.74, 6) is 0.363. The summed E-state index contributed by atoms with van der Waals surface area (Å²) in [6.45, 7) is 6.55. The highest BCUT2D eigenvalue weighted by Crippen LogP contribution is 2.46. The Hall–Kier alpha value is -4.03. The largest absolute Gasteiger partial charge is 0.336 e. The van der Waals surface area contributed by atoms with E-state index in [4.69, 9.17) is 0 Å². The van der Waals surface area contributed by atoms with Gasteiger partial charge < -0.3 is 4.90 Å².